The minimum absolute atomic E-state index is 0.0503. The average Bonchev–Trinajstić information content (AvgIpc) is 2.79. The van der Waals surface area contributed by atoms with Crippen LogP contribution in [0.25, 0.3) is 0 Å². The van der Waals surface area contributed by atoms with Crippen molar-refractivity contribution in [2.45, 2.75) is 31.2 Å². The minimum Gasteiger partial charge on any atom is -0.340 e. The molecule has 2 heterocycles. The van der Waals surface area contributed by atoms with Crippen molar-refractivity contribution in [2.75, 3.05) is 43.4 Å². The summed E-state index contributed by atoms with van der Waals surface area (Å²) < 4.78 is 0. The first kappa shape index (κ1) is 20.9. The number of piperazine rings is 1. The van der Waals surface area contributed by atoms with E-state index in [1.807, 2.05) is 28.0 Å². The Labute approximate surface area is 183 Å². The number of thioether (sulfide) groups is 1. The minimum atomic E-state index is 0.0503. The number of benzene rings is 2. The molecule has 30 heavy (non-hydrogen) atoms. The number of amides is 2. The summed E-state index contributed by atoms with van der Waals surface area (Å²) in [5, 5.41) is 0. The van der Waals surface area contributed by atoms with Gasteiger partial charge in [-0.25, -0.2) is 0 Å². The van der Waals surface area contributed by atoms with Crippen molar-refractivity contribution in [2.24, 2.45) is 0 Å². The highest BCUT2D eigenvalue weighted by atomic mass is 32.2. The number of carbonyl (C=O) groups excluding carboxylic acids is 2. The van der Waals surface area contributed by atoms with Crippen LogP contribution in [0.3, 0.4) is 0 Å². The molecule has 0 spiro atoms. The summed E-state index contributed by atoms with van der Waals surface area (Å²) in [5.74, 6) is 1.05. The fraction of sp³-hybridized carbons (Fsp3) is 0.417. The van der Waals surface area contributed by atoms with Crippen molar-refractivity contribution in [3.05, 3.63) is 59.7 Å². The lowest BCUT2D eigenvalue weighted by Gasteiger charge is -2.35. The maximum Gasteiger partial charge on any atom is 0.227 e. The van der Waals surface area contributed by atoms with Gasteiger partial charge in [-0.05, 0) is 30.2 Å². The van der Waals surface area contributed by atoms with E-state index >= 15 is 0 Å². The van der Waals surface area contributed by atoms with Gasteiger partial charge in [-0.1, -0.05) is 36.4 Å². The second-order valence-electron chi connectivity index (χ2n) is 7.94. The highest BCUT2D eigenvalue weighted by molar-refractivity contribution is 7.99. The average molecular weight is 424 g/mol. The predicted molar refractivity (Wildman–Crippen MR) is 122 cm³/mol. The summed E-state index contributed by atoms with van der Waals surface area (Å²) in [4.78, 5) is 32.8. The number of nitrogens with zero attached hydrogens (tertiary/aromatic N) is 3. The summed E-state index contributed by atoms with van der Waals surface area (Å²) in [5.41, 5.74) is 3.64. The van der Waals surface area contributed by atoms with Gasteiger partial charge >= 0.3 is 0 Å². The summed E-state index contributed by atoms with van der Waals surface area (Å²) in [6, 6.07) is 16.5. The monoisotopic (exact) mass is 423 g/mol. The number of anilines is 1. The molecule has 1 fully saturated rings. The first-order chi connectivity index (χ1) is 14.6. The SMILES string of the molecule is Cc1ccccc1CN1CCN(C(=O)CCC(=O)N2CCSc3ccccc32)CC1. The number of hydrogen-bond acceptors (Lipinski definition) is 4. The molecule has 2 aromatic carbocycles. The Bertz CT molecular complexity index is 909. The molecule has 0 atom stereocenters. The first-order valence-corrected chi connectivity index (χ1v) is 11.7. The Morgan fingerprint density at radius 3 is 2.37 bits per heavy atom. The quantitative estimate of drug-likeness (QED) is 0.738. The van der Waals surface area contributed by atoms with Gasteiger partial charge in [0.2, 0.25) is 11.8 Å². The molecule has 158 valence electrons. The third kappa shape index (κ3) is 4.87. The number of aryl methyl sites for hydroxylation is 1. The molecule has 2 aliphatic rings. The fourth-order valence-electron chi connectivity index (χ4n) is 4.12. The van der Waals surface area contributed by atoms with Gasteiger partial charge in [-0.15, -0.1) is 11.8 Å². The highest BCUT2D eigenvalue weighted by Gasteiger charge is 2.25. The molecular formula is C24H29N3O2S. The van der Waals surface area contributed by atoms with Gasteiger partial charge in [-0.3, -0.25) is 14.5 Å². The number of carbonyl (C=O) groups is 2. The van der Waals surface area contributed by atoms with Gasteiger partial charge in [0, 0.05) is 62.8 Å². The second-order valence-corrected chi connectivity index (χ2v) is 9.08. The van der Waals surface area contributed by atoms with Crippen LogP contribution in [0.4, 0.5) is 5.69 Å². The standard InChI is InChI=1S/C24H29N3O2S/c1-19-6-2-3-7-20(19)18-25-12-14-26(15-13-25)23(28)10-11-24(29)27-16-17-30-22-9-5-4-8-21(22)27/h2-9H,10-18H2,1H3. The third-order valence-corrected chi connectivity index (χ3v) is 7.01. The van der Waals surface area contributed by atoms with E-state index in [0.717, 1.165) is 49.1 Å². The van der Waals surface area contributed by atoms with Crippen LogP contribution in [0.1, 0.15) is 24.0 Å². The molecule has 2 aliphatic heterocycles. The molecule has 0 unspecified atom stereocenters. The maximum atomic E-state index is 12.8. The normalized spacial score (nSPS) is 17.0. The Kier molecular flexibility index (Phi) is 6.75. The first-order valence-electron chi connectivity index (χ1n) is 10.7. The highest BCUT2D eigenvalue weighted by Crippen LogP contribution is 2.34. The molecule has 5 nitrogen and oxygen atoms in total. The van der Waals surface area contributed by atoms with Crippen LogP contribution in [0.2, 0.25) is 0 Å². The smallest absolute Gasteiger partial charge is 0.227 e. The second kappa shape index (κ2) is 9.67. The number of hydrogen-bond donors (Lipinski definition) is 0. The molecule has 0 bridgehead atoms. The zero-order valence-corrected chi connectivity index (χ0v) is 18.4. The van der Waals surface area contributed by atoms with Crippen LogP contribution in [0.15, 0.2) is 53.4 Å². The molecule has 2 amide bonds. The van der Waals surface area contributed by atoms with Crippen molar-refractivity contribution >= 4 is 29.3 Å². The van der Waals surface area contributed by atoms with Gasteiger partial charge < -0.3 is 9.80 Å². The Morgan fingerprint density at radius 2 is 1.57 bits per heavy atom. The molecule has 4 rings (SSSR count). The van der Waals surface area contributed by atoms with Crippen molar-refractivity contribution in [1.29, 1.82) is 0 Å². The van der Waals surface area contributed by atoms with E-state index in [1.165, 1.54) is 11.1 Å². The van der Waals surface area contributed by atoms with E-state index in [9.17, 15) is 9.59 Å². The van der Waals surface area contributed by atoms with Crippen LogP contribution < -0.4 is 4.90 Å². The largest absolute Gasteiger partial charge is 0.340 e. The third-order valence-electron chi connectivity index (χ3n) is 5.96. The lowest BCUT2D eigenvalue weighted by atomic mass is 10.1. The van der Waals surface area contributed by atoms with Crippen LogP contribution in [0.5, 0.6) is 0 Å². The van der Waals surface area contributed by atoms with E-state index < -0.39 is 0 Å². The van der Waals surface area contributed by atoms with Crippen LogP contribution >= 0.6 is 11.8 Å². The Hall–Kier alpha value is -2.31. The van der Waals surface area contributed by atoms with Gasteiger partial charge in [-0.2, -0.15) is 0 Å². The van der Waals surface area contributed by atoms with Crippen molar-refractivity contribution < 1.29 is 9.59 Å². The maximum absolute atomic E-state index is 12.8. The zero-order valence-electron chi connectivity index (χ0n) is 17.5. The number of fused-ring (bicyclic) bond motifs is 1. The Balaban J connectivity index is 1.25. The van der Waals surface area contributed by atoms with Crippen LogP contribution in [0, 0.1) is 6.92 Å². The summed E-state index contributed by atoms with van der Waals surface area (Å²) in [6.07, 6.45) is 0.573. The number of rotatable bonds is 5. The van der Waals surface area contributed by atoms with Crippen LogP contribution in [-0.2, 0) is 16.1 Å². The van der Waals surface area contributed by atoms with Crippen molar-refractivity contribution in [3.63, 3.8) is 0 Å². The van der Waals surface area contributed by atoms with Gasteiger partial charge in [0.1, 0.15) is 0 Å². The van der Waals surface area contributed by atoms with E-state index in [2.05, 4.69) is 42.2 Å². The molecule has 0 aromatic heterocycles. The molecular weight excluding hydrogens is 394 g/mol. The molecule has 2 aromatic rings. The summed E-state index contributed by atoms with van der Waals surface area (Å²) in [7, 11) is 0. The topological polar surface area (TPSA) is 43.9 Å². The van der Waals surface area contributed by atoms with Gasteiger partial charge in [0.15, 0.2) is 0 Å². The van der Waals surface area contributed by atoms with Gasteiger partial charge in [0.05, 0.1) is 5.69 Å². The van der Waals surface area contributed by atoms with E-state index in [4.69, 9.17) is 0 Å². The molecule has 1 saturated heterocycles. The van der Waals surface area contributed by atoms with Crippen LogP contribution in [-0.4, -0.2) is 60.1 Å². The molecule has 0 radical (unpaired) electrons. The summed E-state index contributed by atoms with van der Waals surface area (Å²) in [6.45, 7) is 7.02. The lowest BCUT2D eigenvalue weighted by molar-refractivity contribution is -0.134. The predicted octanol–water partition coefficient (Wildman–Crippen LogP) is 3.56. The van der Waals surface area contributed by atoms with Gasteiger partial charge in [0.25, 0.3) is 0 Å². The zero-order chi connectivity index (χ0) is 20.9. The van der Waals surface area contributed by atoms with E-state index in [1.54, 1.807) is 11.8 Å². The number of para-hydroxylation sites is 1. The molecule has 0 saturated carbocycles. The summed E-state index contributed by atoms with van der Waals surface area (Å²) >= 11 is 1.78. The lowest BCUT2D eigenvalue weighted by Crippen LogP contribution is -2.48. The van der Waals surface area contributed by atoms with E-state index in [-0.39, 0.29) is 18.2 Å². The van der Waals surface area contributed by atoms with Crippen molar-refractivity contribution in [3.8, 4) is 0 Å². The van der Waals surface area contributed by atoms with Crippen molar-refractivity contribution in [1.82, 2.24) is 9.80 Å². The Morgan fingerprint density at radius 1 is 0.867 bits per heavy atom. The van der Waals surface area contributed by atoms with E-state index in [0.29, 0.717) is 13.0 Å². The molecule has 6 heteroatoms. The molecule has 0 N–H and O–H groups in total. The fourth-order valence-corrected chi connectivity index (χ4v) is 5.11. The molecule has 0 aliphatic carbocycles.